The van der Waals surface area contributed by atoms with E-state index in [0.717, 1.165) is 60.1 Å². The van der Waals surface area contributed by atoms with Gasteiger partial charge in [-0.15, -0.1) is 12.6 Å². The van der Waals surface area contributed by atoms with Crippen LogP contribution in [0.1, 0.15) is 62.4 Å². The molecule has 1 aliphatic rings. The summed E-state index contributed by atoms with van der Waals surface area (Å²) in [6.45, 7) is 7.00. The molecule has 1 atom stereocenters. The number of unbranched alkanes of at least 4 members (excludes halogenated alkanes) is 3. The maximum Gasteiger partial charge on any atom is 1.00 e. The van der Waals surface area contributed by atoms with Gasteiger partial charge in [0.1, 0.15) is 18.4 Å². The quantitative estimate of drug-likeness (QED) is 0.256. The molecule has 1 aromatic heterocycles. The SMILES string of the molecule is COCCOC(=O)N1CCc2c([nH]c3ccc(Cl)cc23)C1c1ccc(OCCCCCC[N-]C(C)C)cc1.[Li+]. The first-order valence-electron chi connectivity index (χ1n) is 13.6. The molecule has 1 aliphatic heterocycles. The number of benzene rings is 2. The molecule has 39 heavy (non-hydrogen) atoms. The number of H-pyrrole nitrogens is 1. The Kier molecular flexibility index (Phi) is 12.5. The monoisotopic (exact) mass is 547 g/mol. The Morgan fingerprint density at radius 2 is 1.85 bits per heavy atom. The van der Waals surface area contributed by atoms with Crippen LogP contribution in [-0.4, -0.2) is 62.0 Å². The number of methoxy groups -OCH3 is 1. The molecule has 4 rings (SSSR count). The number of fused-ring (bicyclic) bond motifs is 3. The fourth-order valence-corrected chi connectivity index (χ4v) is 5.12. The first kappa shape index (κ1) is 31.4. The average Bonchev–Trinajstić information content (AvgIpc) is 3.27. The normalized spacial score (nSPS) is 14.8. The van der Waals surface area contributed by atoms with E-state index < -0.39 is 0 Å². The van der Waals surface area contributed by atoms with E-state index in [2.05, 4.69) is 24.1 Å². The predicted octanol–water partition coefficient (Wildman–Crippen LogP) is 4.28. The number of nitrogens with zero attached hydrogens (tertiary/aromatic N) is 2. The minimum absolute atomic E-state index is 0. The van der Waals surface area contributed by atoms with E-state index in [1.54, 1.807) is 12.0 Å². The number of carbonyl (C=O) groups is 1. The average molecular weight is 548 g/mol. The number of aromatic amines is 1. The number of amides is 1. The van der Waals surface area contributed by atoms with Gasteiger partial charge in [-0.05, 0) is 54.3 Å². The molecule has 0 spiro atoms. The van der Waals surface area contributed by atoms with Gasteiger partial charge in [-0.1, -0.05) is 56.8 Å². The van der Waals surface area contributed by atoms with Crippen LogP contribution in [0.4, 0.5) is 4.79 Å². The largest absolute Gasteiger partial charge is 1.00 e. The van der Waals surface area contributed by atoms with E-state index >= 15 is 0 Å². The fraction of sp³-hybridized carbons (Fsp3) is 0.500. The van der Waals surface area contributed by atoms with Crippen molar-refractivity contribution in [2.75, 3.05) is 40.0 Å². The molecule has 9 heteroatoms. The van der Waals surface area contributed by atoms with Crippen LogP contribution in [-0.2, 0) is 15.9 Å². The summed E-state index contributed by atoms with van der Waals surface area (Å²) in [4.78, 5) is 18.4. The van der Waals surface area contributed by atoms with Gasteiger partial charge in [0.25, 0.3) is 0 Å². The van der Waals surface area contributed by atoms with Crippen molar-refractivity contribution >= 4 is 28.6 Å². The third kappa shape index (κ3) is 8.42. The Bertz CT molecular complexity index is 1180. The maximum absolute atomic E-state index is 13.1. The Morgan fingerprint density at radius 1 is 1.08 bits per heavy atom. The summed E-state index contributed by atoms with van der Waals surface area (Å²) in [7, 11) is 1.59. The van der Waals surface area contributed by atoms with Gasteiger partial charge in [0.2, 0.25) is 0 Å². The summed E-state index contributed by atoms with van der Waals surface area (Å²) in [6, 6.07) is 14.0. The number of carbonyl (C=O) groups excluding carboxylic acids is 1. The number of hydrogen-bond donors (Lipinski definition) is 1. The first-order valence-corrected chi connectivity index (χ1v) is 14.0. The molecule has 0 bridgehead atoms. The number of nitrogens with one attached hydrogen (secondary N) is 1. The van der Waals surface area contributed by atoms with Gasteiger partial charge in [0, 0.05) is 35.3 Å². The van der Waals surface area contributed by atoms with Gasteiger partial charge in [-0.25, -0.2) is 4.79 Å². The molecule has 0 fully saturated rings. The van der Waals surface area contributed by atoms with Crippen molar-refractivity contribution in [3.63, 3.8) is 0 Å². The number of hydrogen-bond acceptors (Lipinski definition) is 4. The zero-order valence-electron chi connectivity index (χ0n) is 23.7. The molecule has 2 heterocycles. The molecule has 3 aromatic rings. The number of halogens is 1. The predicted molar refractivity (Wildman–Crippen MR) is 153 cm³/mol. The summed E-state index contributed by atoms with van der Waals surface area (Å²) in [5.41, 5.74) is 4.19. The van der Waals surface area contributed by atoms with Crippen molar-refractivity contribution in [3.8, 4) is 5.75 Å². The van der Waals surface area contributed by atoms with Gasteiger partial charge < -0.3 is 24.5 Å². The molecule has 0 saturated carbocycles. The second kappa shape index (κ2) is 15.6. The van der Waals surface area contributed by atoms with Gasteiger partial charge in [0.05, 0.1) is 13.2 Å². The van der Waals surface area contributed by atoms with Crippen molar-refractivity contribution in [2.24, 2.45) is 0 Å². The summed E-state index contributed by atoms with van der Waals surface area (Å²) >= 11 is 6.31. The zero-order valence-corrected chi connectivity index (χ0v) is 24.4. The van der Waals surface area contributed by atoms with Gasteiger partial charge in [-0.2, -0.15) is 0 Å². The fourth-order valence-electron chi connectivity index (χ4n) is 4.95. The van der Waals surface area contributed by atoms with Crippen LogP contribution in [0.5, 0.6) is 5.75 Å². The van der Waals surface area contributed by atoms with Crippen LogP contribution in [0, 0.1) is 0 Å². The Balaban J connectivity index is 0.00000420. The van der Waals surface area contributed by atoms with E-state index in [9.17, 15) is 4.79 Å². The maximum atomic E-state index is 13.1. The molecule has 1 N–H and O–H groups in total. The van der Waals surface area contributed by atoms with Crippen molar-refractivity contribution in [2.45, 2.75) is 58.0 Å². The Morgan fingerprint density at radius 3 is 2.59 bits per heavy atom. The van der Waals surface area contributed by atoms with Crippen molar-refractivity contribution in [1.82, 2.24) is 9.88 Å². The van der Waals surface area contributed by atoms with E-state index in [4.69, 9.17) is 25.8 Å². The van der Waals surface area contributed by atoms with E-state index in [-0.39, 0.29) is 37.6 Å². The Hall–Kier alpha value is -2.14. The molecule has 7 nitrogen and oxygen atoms in total. The Labute approximate surface area is 249 Å². The first-order chi connectivity index (χ1) is 18.5. The third-order valence-corrected chi connectivity index (χ3v) is 7.08. The van der Waals surface area contributed by atoms with Gasteiger partial charge >= 0.3 is 25.0 Å². The standard InChI is InChI=1S/C30H39ClN3O4.Li/c1-21(2)32-15-6-4-5-7-17-37-24-11-8-22(9-12-24)29-28-25(26-20-23(31)10-13-27(26)33-28)14-16-34(29)30(35)38-19-18-36-3;/h8-13,20-21,29,33H,4-7,14-19H2,1-3H3;/q-1;+1. The summed E-state index contributed by atoms with van der Waals surface area (Å²) in [6.07, 6.45) is 4.85. The van der Waals surface area contributed by atoms with Crippen LogP contribution in [0.3, 0.4) is 0 Å². The molecular formula is C30H39ClLiN3O4. The molecule has 0 radical (unpaired) electrons. The minimum Gasteiger partial charge on any atom is -0.660 e. The summed E-state index contributed by atoms with van der Waals surface area (Å²) in [5, 5.41) is 6.32. The van der Waals surface area contributed by atoms with Crippen LogP contribution < -0.4 is 23.6 Å². The van der Waals surface area contributed by atoms with Crippen molar-refractivity contribution in [1.29, 1.82) is 0 Å². The zero-order chi connectivity index (χ0) is 26.9. The molecule has 206 valence electrons. The third-order valence-electron chi connectivity index (χ3n) is 6.85. The smallest absolute Gasteiger partial charge is 0.660 e. The van der Waals surface area contributed by atoms with Crippen LogP contribution in [0.15, 0.2) is 42.5 Å². The van der Waals surface area contributed by atoms with E-state index in [0.29, 0.717) is 30.8 Å². The molecular weight excluding hydrogens is 509 g/mol. The second-order valence-electron chi connectivity index (χ2n) is 9.99. The second-order valence-corrected chi connectivity index (χ2v) is 10.4. The van der Waals surface area contributed by atoms with Crippen molar-refractivity contribution < 1.29 is 37.9 Å². The molecule has 2 aromatic carbocycles. The van der Waals surface area contributed by atoms with E-state index in [1.807, 2.05) is 42.5 Å². The van der Waals surface area contributed by atoms with Crippen molar-refractivity contribution in [3.05, 3.63) is 69.6 Å². The molecule has 1 amide bonds. The topological polar surface area (TPSA) is 77.9 Å². The molecule has 0 aliphatic carbocycles. The minimum atomic E-state index is -0.351. The molecule has 1 unspecified atom stereocenters. The number of rotatable bonds is 13. The summed E-state index contributed by atoms with van der Waals surface area (Å²) in [5.74, 6) is 0.831. The number of ether oxygens (including phenoxy) is 3. The van der Waals surface area contributed by atoms with Gasteiger partial charge in [0.15, 0.2) is 0 Å². The van der Waals surface area contributed by atoms with Crippen LogP contribution in [0.25, 0.3) is 16.2 Å². The van der Waals surface area contributed by atoms with Gasteiger partial charge in [-0.3, -0.25) is 4.90 Å². The van der Waals surface area contributed by atoms with Crippen LogP contribution in [0.2, 0.25) is 5.02 Å². The summed E-state index contributed by atoms with van der Waals surface area (Å²) < 4.78 is 16.6. The molecule has 0 saturated heterocycles. The van der Waals surface area contributed by atoms with Crippen LogP contribution >= 0.6 is 11.6 Å². The number of aromatic nitrogens is 1. The van der Waals surface area contributed by atoms with E-state index in [1.165, 1.54) is 12.0 Å².